The number of Topliss-reactive ketones (excluding diaryl/α,β-unsaturated/α-hetero) is 2. The van der Waals surface area contributed by atoms with Gasteiger partial charge in [-0.05, 0) is 35.7 Å². The van der Waals surface area contributed by atoms with Crippen molar-refractivity contribution < 1.29 is 14.0 Å². The summed E-state index contributed by atoms with van der Waals surface area (Å²) in [4.78, 5) is 26.9. The maximum Gasteiger partial charge on any atom is 0.183 e. The van der Waals surface area contributed by atoms with E-state index >= 15 is 4.39 Å². The molecule has 4 N–H and O–H groups in total. The molecule has 0 radical (unpaired) electrons. The number of halogens is 1. The maximum atomic E-state index is 15.7. The molecule has 2 aromatic rings. The largest absolute Gasteiger partial charge is 0.313 e. The lowest BCUT2D eigenvalue weighted by Crippen LogP contribution is -2.53. The van der Waals surface area contributed by atoms with Crippen molar-refractivity contribution in [1.29, 1.82) is 5.26 Å². The SMILES string of the molecule is Cc1c(F)c(C(=O)C2CNCCN2)cc(C(C)c2ccccc2C#N)c1C(=O)C1CNCCN1. The van der Waals surface area contributed by atoms with Gasteiger partial charge in [-0.2, -0.15) is 5.26 Å². The molecule has 0 aliphatic carbocycles. The quantitative estimate of drug-likeness (QED) is 0.483. The van der Waals surface area contributed by atoms with Crippen LogP contribution in [0.25, 0.3) is 0 Å². The minimum Gasteiger partial charge on any atom is -0.313 e. The Hall–Kier alpha value is -2.96. The molecule has 0 saturated carbocycles. The van der Waals surface area contributed by atoms with Crippen LogP contribution in [0.5, 0.6) is 0 Å². The van der Waals surface area contributed by atoms with Crippen LogP contribution >= 0.6 is 0 Å². The van der Waals surface area contributed by atoms with Crippen molar-refractivity contribution in [3.63, 3.8) is 0 Å². The number of hydrogen-bond donors (Lipinski definition) is 4. The van der Waals surface area contributed by atoms with E-state index in [4.69, 9.17) is 0 Å². The first-order valence-corrected chi connectivity index (χ1v) is 11.7. The van der Waals surface area contributed by atoms with Gasteiger partial charge in [-0.15, -0.1) is 0 Å². The van der Waals surface area contributed by atoms with Crippen molar-refractivity contribution in [2.24, 2.45) is 0 Å². The van der Waals surface area contributed by atoms with Crippen molar-refractivity contribution in [2.75, 3.05) is 39.3 Å². The van der Waals surface area contributed by atoms with Gasteiger partial charge >= 0.3 is 0 Å². The Bertz CT molecular complexity index is 1130. The first-order valence-electron chi connectivity index (χ1n) is 11.7. The Balaban J connectivity index is 1.86. The predicted octanol–water partition coefficient (Wildman–Crippen LogP) is 1.65. The standard InChI is InChI=1S/C26H30FN5O2/c1-15(18-6-4-3-5-17(18)12-28)19-11-20(25(33)21-13-29-7-9-31-21)24(27)16(2)23(19)26(34)22-14-30-8-10-32-22/h3-6,11,15,21-22,29-32H,7-10,13-14H2,1-2H3. The van der Waals surface area contributed by atoms with Gasteiger partial charge in [-0.3, -0.25) is 9.59 Å². The Labute approximate surface area is 199 Å². The molecular formula is C26H30FN5O2. The fraction of sp³-hybridized carbons (Fsp3) is 0.423. The fourth-order valence-electron chi connectivity index (χ4n) is 4.85. The zero-order valence-corrected chi connectivity index (χ0v) is 19.5. The van der Waals surface area contributed by atoms with Gasteiger partial charge < -0.3 is 21.3 Å². The highest BCUT2D eigenvalue weighted by molar-refractivity contribution is 6.06. The van der Waals surface area contributed by atoms with Crippen molar-refractivity contribution in [1.82, 2.24) is 21.3 Å². The molecule has 34 heavy (non-hydrogen) atoms. The van der Waals surface area contributed by atoms with Crippen LogP contribution in [0.4, 0.5) is 4.39 Å². The minimum absolute atomic E-state index is 0.0266. The molecule has 3 unspecified atom stereocenters. The summed E-state index contributed by atoms with van der Waals surface area (Å²) >= 11 is 0. The second kappa shape index (κ2) is 10.5. The molecule has 0 amide bonds. The third kappa shape index (κ3) is 4.65. The van der Waals surface area contributed by atoms with Gasteiger partial charge in [0.2, 0.25) is 0 Å². The number of nitrogens with one attached hydrogen (secondary N) is 4. The summed E-state index contributed by atoms with van der Waals surface area (Å²) in [6.45, 7) is 7.07. The maximum absolute atomic E-state index is 15.7. The second-order valence-corrected chi connectivity index (χ2v) is 8.90. The Morgan fingerprint density at radius 3 is 2.21 bits per heavy atom. The number of hydrogen-bond acceptors (Lipinski definition) is 7. The van der Waals surface area contributed by atoms with Gasteiger partial charge in [-0.1, -0.05) is 25.1 Å². The van der Waals surface area contributed by atoms with E-state index in [0.29, 0.717) is 37.3 Å². The average Bonchev–Trinajstić information content (AvgIpc) is 2.89. The summed E-state index contributed by atoms with van der Waals surface area (Å²) in [5.74, 6) is -1.61. The zero-order chi connectivity index (χ0) is 24.2. The number of benzene rings is 2. The zero-order valence-electron chi connectivity index (χ0n) is 19.5. The third-order valence-electron chi connectivity index (χ3n) is 6.77. The molecule has 4 rings (SSSR count). The first-order chi connectivity index (χ1) is 16.4. The molecule has 3 atom stereocenters. The number of piperazine rings is 2. The minimum atomic E-state index is -0.658. The highest BCUT2D eigenvalue weighted by Crippen LogP contribution is 2.34. The van der Waals surface area contributed by atoms with Crippen LogP contribution in [0.2, 0.25) is 0 Å². The van der Waals surface area contributed by atoms with Gasteiger partial charge in [0.05, 0.1) is 29.3 Å². The Morgan fingerprint density at radius 2 is 1.62 bits per heavy atom. The summed E-state index contributed by atoms with van der Waals surface area (Å²) in [5.41, 5.74) is 2.20. The molecule has 0 spiro atoms. The summed E-state index contributed by atoms with van der Waals surface area (Å²) < 4.78 is 15.7. The number of ketones is 2. The number of carbonyl (C=O) groups excluding carboxylic acids is 2. The molecule has 2 aliphatic rings. The molecule has 2 fully saturated rings. The number of carbonyl (C=O) groups is 2. The number of nitriles is 1. The lowest BCUT2D eigenvalue weighted by molar-refractivity contribution is 0.0917. The Morgan fingerprint density at radius 1 is 1.00 bits per heavy atom. The van der Waals surface area contributed by atoms with E-state index < -0.39 is 23.8 Å². The highest BCUT2D eigenvalue weighted by Gasteiger charge is 2.33. The summed E-state index contributed by atoms with van der Waals surface area (Å²) in [6.07, 6.45) is 0. The second-order valence-electron chi connectivity index (χ2n) is 8.90. The van der Waals surface area contributed by atoms with Crippen LogP contribution in [0, 0.1) is 24.1 Å². The lowest BCUT2D eigenvalue weighted by atomic mass is 9.81. The normalized spacial score (nSPS) is 21.5. The van der Waals surface area contributed by atoms with E-state index in [1.807, 2.05) is 19.1 Å². The summed E-state index contributed by atoms with van der Waals surface area (Å²) in [6, 6.07) is 9.89. The van der Waals surface area contributed by atoms with Gasteiger partial charge in [0.25, 0.3) is 0 Å². The number of nitrogens with zero attached hydrogens (tertiary/aromatic N) is 1. The lowest BCUT2D eigenvalue weighted by Gasteiger charge is -2.28. The number of rotatable bonds is 6. The molecule has 178 valence electrons. The molecule has 0 aromatic heterocycles. The smallest absolute Gasteiger partial charge is 0.183 e. The predicted molar refractivity (Wildman–Crippen MR) is 128 cm³/mol. The molecule has 8 heteroatoms. The topological polar surface area (TPSA) is 106 Å². The molecule has 2 aliphatic heterocycles. The van der Waals surface area contributed by atoms with Crippen LogP contribution in [0.1, 0.15) is 55.8 Å². The van der Waals surface area contributed by atoms with Gasteiger partial charge in [0.1, 0.15) is 5.82 Å². The van der Waals surface area contributed by atoms with Gasteiger partial charge in [0, 0.05) is 50.7 Å². The van der Waals surface area contributed by atoms with Crippen LogP contribution in [0.3, 0.4) is 0 Å². The summed E-state index contributed by atoms with van der Waals surface area (Å²) in [5, 5.41) is 22.4. The van der Waals surface area contributed by atoms with E-state index in [1.165, 1.54) is 6.07 Å². The van der Waals surface area contributed by atoms with Crippen molar-refractivity contribution >= 4 is 11.6 Å². The highest BCUT2D eigenvalue weighted by atomic mass is 19.1. The molecule has 2 saturated heterocycles. The monoisotopic (exact) mass is 463 g/mol. The fourth-order valence-corrected chi connectivity index (χ4v) is 4.85. The average molecular weight is 464 g/mol. The van der Waals surface area contributed by atoms with Crippen LogP contribution in [-0.2, 0) is 0 Å². The molecule has 2 aromatic carbocycles. The van der Waals surface area contributed by atoms with Crippen LogP contribution in [-0.4, -0.2) is 62.9 Å². The Kier molecular flexibility index (Phi) is 7.49. The molecule has 7 nitrogen and oxygen atoms in total. The van der Waals surface area contributed by atoms with Crippen molar-refractivity contribution in [3.05, 3.63) is 69.5 Å². The van der Waals surface area contributed by atoms with E-state index in [9.17, 15) is 14.9 Å². The van der Waals surface area contributed by atoms with Gasteiger partial charge in [0.15, 0.2) is 11.6 Å². The van der Waals surface area contributed by atoms with E-state index in [2.05, 4.69) is 27.3 Å². The summed E-state index contributed by atoms with van der Waals surface area (Å²) in [7, 11) is 0. The van der Waals surface area contributed by atoms with E-state index in [-0.39, 0.29) is 28.3 Å². The van der Waals surface area contributed by atoms with Crippen LogP contribution < -0.4 is 21.3 Å². The molecule has 2 heterocycles. The van der Waals surface area contributed by atoms with Crippen LogP contribution in [0.15, 0.2) is 30.3 Å². The molecular weight excluding hydrogens is 433 g/mol. The van der Waals surface area contributed by atoms with E-state index in [1.54, 1.807) is 19.1 Å². The third-order valence-corrected chi connectivity index (χ3v) is 6.77. The van der Waals surface area contributed by atoms with Crippen molar-refractivity contribution in [3.8, 4) is 6.07 Å². The van der Waals surface area contributed by atoms with E-state index in [0.717, 1.165) is 18.7 Å². The van der Waals surface area contributed by atoms with Gasteiger partial charge in [-0.25, -0.2) is 4.39 Å². The first kappa shape index (κ1) is 24.2. The van der Waals surface area contributed by atoms with Crippen molar-refractivity contribution in [2.45, 2.75) is 31.8 Å². The molecule has 0 bridgehead atoms.